The van der Waals surface area contributed by atoms with Gasteiger partial charge in [0, 0.05) is 24.5 Å². The van der Waals surface area contributed by atoms with E-state index in [1.54, 1.807) is 12.4 Å². The first-order valence-electron chi connectivity index (χ1n) is 6.89. The maximum Gasteiger partial charge on any atom is 0.293 e. The van der Waals surface area contributed by atoms with Gasteiger partial charge in [0.1, 0.15) is 0 Å². The van der Waals surface area contributed by atoms with Crippen LogP contribution in [0.1, 0.15) is 38.1 Å². The first kappa shape index (κ1) is 11.7. The zero-order chi connectivity index (χ0) is 12.4. The molecule has 5 heteroatoms. The average molecular weight is 248 g/mol. The molecule has 0 amide bonds. The Kier molecular flexibility index (Phi) is 3.32. The second-order valence-corrected chi connectivity index (χ2v) is 5.24. The first-order valence-corrected chi connectivity index (χ1v) is 6.89. The molecule has 1 aromatic rings. The summed E-state index contributed by atoms with van der Waals surface area (Å²) in [4.78, 5) is 16.4. The van der Waals surface area contributed by atoms with Crippen molar-refractivity contribution in [2.45, 2.75) is 44.2 Å². The number of aromatic nitrogens is 2. The lowest BCUT2D eigenvalue weighted by molar-refractivity contribution is 0.627. The SMILES string of the molecule is O=c1c(NC2CCCNCC2)nccn1C1CC1. The second kappa shape index (κ2) is 5.10. The number of nitrogens with zero attached hydrogens (tertiary/aromatic N) is 2. The van der Waals surface area contributed by atoms with Crippen LogP contribution in [0.25, 0.3) is 0 Å². The molecule has 1 saturated heterocycles. The molecule has 5 nitrogen and oxygen atoms in total. The predicted molar refractivity (Wildman–Crippen MR) is 70.9 cm³/mol. The molecule has 1 aliphatic heterocycles. The molecule has 2 heterocycles. The van der Waals surface area contributed by atoms with E-state index in [1.165, 1.54) is 0 Å². The number of hydrogen-bond donors (Lipinski definition) is 2. The average Bonchev–Trinajstić information content (AvgIpc) is 3.18. The van der Waals surface area contributed by atoms with E-state index in [1.807, 2.05) is 4.57 Å². The summed E-state index contributed by atoms with van der Waals surface area (Å²) in [6.07, 6.45) is 9.09. The van der Waals surface area contributed by atoms with E-state index in [2.05, 4.69) is 15.6 Å². The van der Waals surface area contributed by atoms with Gasteiger partial charge in [-0.2, -0.15) is 0 Å². The Balaban J connectivity index is 1.75. The number of rotatable bonds is 3. The van der Waals surface area contributed by atoms with Crippen molar-refractivity contribution in [2.24, 2.45) is 0 Å². The van der Waals surface area contributed by atoms with Gasteiger partial charge >= 0.3 is 0 Å². The van der Waals surface area contributed by atoms with Crippen LogP contribution in [0.2, 0.25) is 0 Å². The van der Waals surface area contributed by atoms with Gasteiger partial charge < -0.3 is 15.2 Å². The minimum atomic E-state index is 0.0391. The lowest BCUT2D eigenvalue weighted by Gasteiger charge is -2.16. The van der Waals surface area contributed by atoms with E-state index in [4.69, 9.17) is 0 Å². The van der Waals surface area contributed by atoms with Gasteiger partial charge in [-0.25, -0.2) is 4.98 Å². The largest absolute Gasteiger partial charge is 0.363 e. The van der Waals surface area contributed by atoms with Crippen molar-refractivity contribution in [1.29, 1.82) is 0 Å². The lowest BCUT2D eigenvalue weighted by atomic mass is 10.1. The molecule has 1 atom stereocenters. The van der Waals surface area contributed by atoms with E-state index < -0.39 is 0 Å². The summed E-state index contributed by atoms with van der Waals surface area (Å²) in [5.41, 5.74) is 0.0391. The summed E-state index contributed by atoms with van der Waals surface area (Å²) >= 11 is 0. The van der Waals surface area contributed by atoms with Crippen molar-refractivity contribution in [1.82, 2.24) is 14.9 Å². The third-order valence-electron chi connectivity index (χ3n) is 3.72. The molecular formula is C13H20N4O. The monoisotopic (exact) mass is 248 g/mol. The fourth-order valence-corrected chi connectivity index (χ4v) is 2.52. The van der Waals surface area contributed by atoms with E-state index in [-0.39, 0.29) is 5.56 Å². The molecule has 0 radical (unpaired) electrons. The van der Waals surface area contributed by atoms with Crippen LogP contribution in [0.5, 0.6) is 0 Å². The maximum absolute atomic E-state index is 12.2. The molecular weight excluding hydrogens is 228 g/mol. The van der Waals surface area contributed by atoms with E-state index in [0.29, 0.717) is 17.9 Å². The molecule has 1 saturated carbocycles. The standard InChI is InChI=1S/C13H20N4O/c18-13-12(15-8-9-17(13)11-3-4-11)16-10-2-1-6-14-7-5-10/h8-11,14H,1-7H2,(H,15,16). The molecule has 1 aromatic heterocycles. The highest BCUT2D eigenvalue weighted by Gasteiger charge is 2.25. The van der Waals surface area contributed by atoms with Crippen LogP contribution < -0.4 is 16.2 Å². The van der Waals surface area contributed by atoms with Crippen LogP contribution in [0.3, 0.4) is 0 Å². The second-order valence-electron chi connectivity index (χ2n) is 5.24. The van der Waals surface area contributed by atoms with Crippen molar-refractivity contribution in [3.63, 3.8) is 0 Å². The number of hydrogen-bond acceptors (Lipinski definition) is 4. The van der Waals surface area contributed by atoms with Crippen LogP contribution in [-0.2, 0) is 0 Å². The first-order chi connectivity index (χ1) is 8.84. The summed E-state index contributed by atoms with van der Waals surface area (Å²) in [6.45, 7) is 2.09. The Bertz CT molecular complexity index is 458. The third kappa shape index (κ3) is 2.56. The van der Waals surface area contributed by atoms with Crippen LogP contribution in [0.4, 0.5) is 5.82 Å². The summed E-state index contributed by atoms with van der Waals surface area (Å²) in [6, 6.07) is 0.784. The van der Waals surface area contributed by atoms with Gasteiger partial charge in [0.15, 0.2) is 5.82 Å². The van der Waals surface area contributed by atoms with E-state index in [9.17, 15) is 4.79 Å². The summed E-state index contributed by atoms with van der Waals surface area (Å²) in [7, 11) is 0. The summed E-state index contributed by atoms with van der Waals surface area (Å²) in [5.74, 6) is 0.524. The van der Waals surface area contributed by atoms with Crippen LogP contribution in [0.15, 0.2) is 17.2 Å². The van der Waals surface area contributed by atoms with Gasteiger partial charge in [-0.15, -0.1) is 0 Å². The topological polar surface area (TPSA) is 59.0 Å². The minimum Gasteiger partial charge on any atom is -0.363 e. The van der Waals surface area contributed by atoms with Gasteiger partial charge in [0.2, 0.25) is 0 Å². The highest BCUT2D eigenvalue weighted by molar-refractivity contribution is 5.32. The lowest BCUT2D eigenvalue weighted by Crippen LogP contribution is -2.29. The Morgan fingerprint density at radius 2 is 2.17 bits per heavy atom. The van der Waals surface area contributed by atoms with Gasteiger partial charge in [-0.1, -0.05) is 0 Å². The molecule has 2 aliphatic rings. The molecule has 0 spiro atoms. The molecule has 98 valence electrons. The quantitative estimate of drug-likeness (QED) is 0.842. The van der Waals surface area contributed by atoms with Crippen LogP contribution >= 0.6 is 0 Å². The normalized spacial score (nSPS) is 24.6. The molecule has 1 aliphatic carbocycles. The number of nitrogens with one attached hydrogen (secondary N) is 2. The molecule has 2 N–H and O–H groups in total. The predicted octanol–water partition coefficient (Wildman–Crippen LogP) is 1.13. The Morgan fingerprint density at radius 1 is 1.28 bits per heavy atom. The fraction of sp³-hybridized carbons (Fsp3) is 0.692. The molecule has 0 aromatic carbocycles. The van der Waals surface area contributed by atoms with E-state index >= 15 is 0 Å². The van der Waals surface area contributed by atoms with E-state index in [0.717, 1.165) is 45.2 Å². The summed E-state index contributed by atoms with van der Waals surface area (Å²) < 4.78 is 1.82. The van der Waals surface area contributed by atoms with Crippen LogP contribution in [0, 0.1) is 0 Å². The van der Waals surface area contributed by atoms with Crippen molar-refractivity contribution in [2.75, 3.05) is 18.4 Å². The molecule has 0 bridgehead atoms. The zero-order valence-electron chi connectivity index (χ0n) is 10.6. The van der Waals surface area contributed by atoms with Crippen LogP contribution in [-0.4, -0.2) is 28.7 Å². The van der Waals surface area contributed by atoms with Crippen molar-refractivity contribution >= 4 is 5.82 Å². The van der Waals surface area contributed by atoms with Gasteiger partial charge in [0.25, 0.3) is 5.56 Å². The molecule has 18 heavy (non-hydrogen) atoms. The molecule has 3 rings (SSSR count). The van der Waals surface area contributed by atoms with Gasteiger partial charge in [0.05, 0.1) is 0 Å². The minimum absolute atomic E-state index is 0.0391. The Labute approximate surface area is 107 Å². The molecule has 2 fully saturated rings. The highest BCUT2D eigenvalue weighted by Crippen LogP contribution is 2.33. The zero-order valence-corrected chi connectivity index (χ0v) is 10.6. The molecule has 1 unspecified atom stereocenters. The van der Waals surface area contributed by atoms with Gasteiger partial charge in [-0.3, -0.25) is 4.79 Å². The fourth-order valence-electron chi connectivity index (χ4n) is 2.52. The Hall–Kier alpha value is -1.36. The smallest absolute Gasteiger partial charge is 0.293 e. The van der Waals surface area contributed by atoms with Gasteiger partial charge in [-0.05, 0) is 45.2 Å². The third-order valence-corrected chi connectivity index (χ3v) is 3.72. The van der Waals surface area contributed by atoms with Crippen molar-refractivity contribution in [3.05, 3.63) is 22.7 Å². The summed E-state index contributed by atoms with van der Waals surface area (Å²) in [5, 5.41) is 6.70. The van der Waals surface area contributed by atoms with Crippen molar-refractivity contribution < 1.29 is 0 Å². The maximum atomic E-state index is 12.2. The number of anilines is 1. The van der Waals surface area contributed by atoms with Crippen molar-refractivity contribution in [3.8, 4) is 0 Å². The highest BCUT2D eigenvalue weighted by atomic mass is 16.1. The Morgan fingerprint density at radius 3 is 3.00 bits per heavy atom.